The first-order chi connectivity index (χ1) is 9.29. The van der Waals surface area contributed by atoms with Crippen molar-refractivity contribution in [2.75, 3.05) is 0 Å². The van der Waals surface area contributed by atoms with Gasteiger partial charge >= 0.3 is 5.91 Å². The van der Waals surface area contributed by atoms with E-state index in [0.717, 1.165) is 23.8 Å². The van der Waals surface area contributed by atoms with Crippen molar-refractivity contribution in [2.24, 2.45) is 5.84 Å². The Labute approximate surface area is 110 Å². The largest absolute Gasteiger partial charge is 0.450 e. The Morgan fingerprint density at radius 2 is 2.21 bits per heavy atom. The van der Waals surface area contributed by atoms with E-state index in [1.807, 2.05) is 24.3 Å². The van der Waals surface area contributed by atoms with Gasteiger partial charge in [0, 0.05) is 10.9 Å². The molecule has 1 fully saturated rings. The fourth-order valence-corrected chi connectivity index (χ4v) is 2.23. The molecule has 1 aromatic heterocycles. The Bertz CT molecular complexity index is 602. The van der Waals surface area contributed by atoms with Gasteiger partial charge in [0.2, 0.25) is 0 Å². The summed E-state index contributed by atoms with van der Waals surface area (Å²) in [5.74, 6) is 5.00. The van der Waals surface area contributed by atoms with E-state index in [-0.39, 0.29) is 5.76 Å². The fourth-order valence-electron chi connectivity index (χ4n) is 2.23. The molecule has 100 valence electrons. The Hall–Kier alpha value is -1.85. The van der Waals surface area contributed by atoms with Crippen molar-refractivity contribution in [3.05, 3.63) is 35.6 Å². The average molecular weight is 260 g/mol. The van der Waals surface area contributed by atoms with E-state index in [9.17, 15) is 4.79 Å². The lowest BCUT2D eigenvalue weighted by atomic mass is 9.96. The number of hydrogen-bond donors (Lipinski definition) is 2. The van der Waals surface area contributed by atoms with E-state index in [1.54, 1.807) is 0 Å². The lowest BCUT2D eigenvalue weighted by Gasteiger charge is -2.25. The minimum absolute atomic E-state index is 0.239. The van der Waals surface area contributed by atoms with Crippen LogP contribution in [0.4, 0.5) is 0 Å². The van der Waals surface area contributed by atoms with E-state index in [2.05, 4.69) is 5.43 Å². The van der Waals surface area contributed by atoms with E-state index in [1.165, 1.54) is 6.42 Å². The number of ether oxygens (including phenoxy) is 1. The van der Waals surface area contributed by atoms with Gasteiger partial charge in [-0.1, -0.05) is 18.2 Å². The maximum absolute atomic E-state index is 11.7. The highest BCUT2D eigenvalue weighted by Gasteiger charge is 2.23. The van der Waals surface area contributed by atoms with Gasteiger partial charge in [-0.15, -0.1) is 0 Å². The summed E-state index contributed by atoms with van der Waals surface area (Å²) in [7, 11) is 0. The first-order valence-electron chi connectivity index (χ1n) is 6.42. The predicted molar refractivity (Wildman–Crippen MR) is 70.3 cm³/mol. The second-order valence-electron chi connectivity index (χ2n) is 4.74. The predicted octanol–water partition coefficient (Wildman–Crippen LogP) is 2.11. The molecule has 19 heavy (non-hydrogen) atoms. The minimum atomic E-state index is -0.427. The molecule has 0 atom stereocenters. The number of amides is 1. The molecule has 3 rings (SSSR count). The maximum atomic E-state index is 11.7. The van der Waals surface area contributed by atoms with Gasteiger partial charge in [-0.05, 0) is 25.3 Å². The summed E-state index contributed by atoms with van der Waals surface area (Å²) < 4.78 is 11.3. The minimum Gasteiger partial charge on any atom is -0.450 e. The fraction of sp³-hybridized carbons (Fsp3) is 0.357. The summed E-state index contributed by atoms with van der Waals surface area (Å²) in [5, 5.41) is 0.903. The molecular formula is C14H16N2O3. The van der Waals surface area contributed by atoms with Crippen LogP contribution in [0.1, 0.15) is 35.4 Å². The summed E-state index contributed by atoms with van der Waals surface area (Å²) in [6, 6.07) is 7.53. The van der Waals surface area contributed by atoms with Crippen LogP contribution in [0.3, 0.4) is 0 Å². The van der Waals surface area contributed by atoms with Crippen LogP contribution < -0.4 is 11.3 Å². The Kier molecular flexibility index (Phi) is 3.23. The SMILES string of the molecule is NNC(=O)c1oc2ccccc2c1COC1CCC1. The molecule has 1 aliphatic rings. The van der Waals surface area contributed by atoms with Crippen LogP contribution in [0.15, 0.2) is 28.7 Å². The second-order valence-corrected chi connectivity index (χ2v) is 4.74. The normalized spacial score (nSPS) is 15.4. The van der Waals surface area contributed by atoms with Crippen molar-refractivity contribution >= 4 is 16.9 Å². The van der Waals surface area contributed by atoms with Gasteiger partial charge in [0.15, 0.2) is 5.76 Å². The van der Waals surface area contributed by atoms with Gasteiger partial charge < -0.3 is 9.15 Å². The van der Waals surface area contributed by atoms with Crippen molar-refractivity contribution in [1.29, 1.82) is 0 Å². The van der Waals surface area contributed by atoms with Gasteiger partial charge in [0.25, 0.3) is 0 Å². The molecule has 1 saturated carbocycles. The number of fused-ring (bicyclic) bond motifs is 1. The average Bonchev–Trinajstić information content (AvgIpc) is 2.75. The number of nitrogen functional groups attached to an aromatic ring is 1. The standard InChI is InChI=1S/C14H16N2O3/c15-16-14(17)13-11(8-18-9-4-3-5-9)10-6-1-2-7-12(10)19-13/h1-2,6-7,9H,3-5,8,15H2,(H,16,17). The molecule has 0 radical (unpaired) electrons. The number of nitrogens with one attached hydrogen (secondary N) is 1. The highest BCUT2D eigenvalue weighted by Crippen LogP contribution is 2.29. The molecule has 1 aromatic carbocycles. The number of hydrogen-bond acceptors (Lipinski definition) is 4. The van der Waals surface area contributed by atoms with Crippen LogP contribution in [0.2, 0.25) is 0 Å². The first kappa shape index (κ1) is 12.2. The Balaban J connectivity index is 1.94. The Morgan fingerprint density at radius 3 is 2.89 bits per heavy atom. The summed E-state index contributed by atoms with van der Waals surface area (Å²) in [4.78, 5) is 11.7. The number of nitrogens with two attached hydrogens (primary N) is 1. The van der Waals surface area contributed by atoms with Crippen LogP contribution in [-0.4, -0.2) is 12.0 Å². The maximum Gasteiger partial charge on any atom is 0.301 e. The van der Waals surface area contributed by atoms with Gasteiger partial charge in [-0.3, -0.25) is 10.2 Å². The third kappa shape index (κ3) is 2.22. The quantitative estimate of drug-likeness (QED) is 0.501. The second kappa shape index (κ2) is 5.03. The molecule has 0 spiro atoms. The van der Waals surface area contributed by atoms with Crippen molar-refractivity contribution < 1.29 is 13.9 Å². The molecule has 0 aliphatic heterocycles. The van der Waals surface area contributed by atoms with Crippen LogP contribution in [0.5, 0.6) is 0 Å². The molecule has 2 aromatic rings. The summed E-state index contributed by atoms with van der Waals surface area (Å²) in [6.45, 7) is 0.379. The van der Waals surface area contributed by atoms with Crippen molar-refractivity contribution in [3.63, 3.8) is 0 Å². The molecular weight excluding hydrogens is 244 g/mol. The van der Waals surface area contributed by atoms with E-state index in [4.69, 9.17) is 15.0 Å². The highest BCUT2D eigenvalue weighted by atomic mass is 16.5. The zero-order valence-electron chi connectivity index (χ0n) is 10.5. The van der Waals surface area contributed by atoms with Gasteiger partial charge in [0.05, 0.1) is 12.7 Å². The van der Waals surface area contributed by atoms with E-state index < -0.39 is 5.91 Å². The molecule has 0 saturated heterocycles. The van der Waals surface area contributed by atoms with E-state index >= 15 is 0 Å². The van der Waals surface area contributed by atoms with Gasteiger partial charge in [-0.2, -0.15) is 0 Å². The molecule has 0 unspecified atom stereocenters. The van der Waals surface area contributed by atoms with Crippen LogP contribution in [0, 0.1) is 0 Å². The summed E-state index contributed by atoms with van der Waals surface area (Å²) in [5.41, 5.74) is 3.55. The number of furan rings is 1. The first-order valence-corrected chi connectivity index (χ1v) is 6.42. The lowest BCUT2D eigenvalue weighted by Crippen LogP contribution is -2.30. The molecule has 5 heteroatoms. The zero-order chi connectivity index (χ0) is 13.2. The van der Waals surface area contributed by atoms with Crippen LogP contribution in [0.25, 0.3) is 11.0 Å². The number of carbonyl (C=O) groups excluding carboxylic acids is 1. The number of carbonyl (C=O) groups is 1. The third-order valence-corrected chi connectivity index (χ3v) is 3.55. The molecule has 5 nitrogen and oxygen atoms in total. The summed E-state index contributed by atoms with van der Waals surface area (Å²) >= 11 is 0. The molecule has 3 N–H and O–H groups in total. The van der Waals surface area contributed by atoms with Crippen molar-refractivity contribution in [2.45, 2.75) is 32.0 Å². The number of hydrazine groups is 1. The lowest BCUT2D eigenvalue weighted by molar-refractivity contribution is -0.00874. The monoisotopic (exact) mass is 260 g/mol. The summed E-state index contributed by atoms with van der Waals surface area (Å²) in [6.07, 6.45) is 3.71. The zero-order valence-corrected chi connectivity index (χ0v) is 10.5. The number of benzene rings is 1. The number of rotatable bonds is 4. The van der Waals surface area contributed by atoms with Gasteiger partial charge in [0.1, 0.15) is 5.58 Å². The highest BCUT2D eigenvalue weighted by molar-refractivity contribution is 5.98. The van der Waals surface area contributed by atoms with Crippen molar-refractivity contribution in [3.8, 4) is 0 Å². The molecule has 0 bridgehead atoms. The van der Waals surface area contributed by atoms with Crippen LogP contribution in [-0.2, 0) is 11.3 Å². The smallest absolute Gasteiger partial charge is 0.301 e. The van der Waals surface area contributed by atoms with Gasteiger partial charge in [-0.25, -0.2) is 5.84 Å². The Morgan fingerprint density at radius 1 is 1.42 bits per heavy atom. The van der Waals surface area contributed by atoms with E-state index in [0.29, 0.717) is 18.3 Å². The van der Waals surface area contributed by atoms with Crippen molar-refractivity contribution in [1.82, 2.24) is 5.43 Å². The number of para-hydroxylation sites is 1. The molecule has 1 heterocycles. The topological polar surface area (TPSA) is 77.5 Å². The van der Waals surface area contributed by atoms with Crippen LogP contribution >= 0.6 is 0 Å². The third-order valence-electron chi connectivity index (χ3n) is 3.55. The molecule has 1 aliphatic carbocycles. The molecule has 1 amide bonds.